The fourth-order valence-corrected chi connectivity index (χ4v) is 1.76. The van der Waals surface area contributed by atoms with E-state index in [9.17, 15) is 57.5 Å². The zero-order valence-electron chi connectivity index (χ0n) is 21.9. The number of ether oxygens (including phenoxy) is 1. The van der Waals surface area contributed by atoms with Crippen LogP contribution in [0.15, 0.2) is 18.3 Å². The van der Waals surface area contributed by atoms with Gasteiger partial charge in [0.2, 0.25) is 5.91 Å². The zero-order valence-corrected chi connectivity index (χ0v) is 21.9. The van der Waals surface area contributed by atoms with Crippen LogP contribution in [0.4, 0.5) is 52.7 Å². The molecule has 1 aliphatic heterocycles. The van der Waals surface area contributed by atoms with Crippen molar-refractivity contribution in [1.29, 1.82) is 0 Å². The van der Waals surface area contributed by atoms with Crippen molar-refractivity contribution in [1.82, 2.24) is 15.6 Å². The van der Waals surface area contributed by atoms with Crippen LogP contribution in [0.2, 0.25) is 0 Å². The van der Waals surface area contributed by atoms with Gasteiger partial charge in [0.05, 0.1) is 12.2 Å². The number of hydrogen-bond acceptors (Lipinski definition) is 8. The van der Waals surface area contributed by atoms with Crippen molar-refractivity contribution >= 4 is 29.8 Å². The van der Waals surface area contributed by atoms with Crippen molar-refractivity contribution in [3.63, 3.8) is 0 Å². The van der Waals surface area contributed by atoms with E-state index in [1.807, 2.05) is 12.1 Å². The molecule has 1 amide bonds. The number of nitrogens with one attached hydrogen (secondary N) is 2. The molecule has 0 saturated carbocycles. The number of amides is 1. The maximum absolute atomic E-state index is 10.8. The van der Waals surface area contributed by atoms with Crippen LogP contribution in [0.1, 0.15) is 19.0 Å². The molecule has 0 radical (unpaired) electrons. The number of carbonyl (C=O) groups is 5. The molecule has 260 valence electrons. The first-order valence-corrected chi connectivity index (χ1v) is 10.8. The van der Waals surface area contributed by atoms with Crippen LogP contribution in [0.5, 0.6) is 5.75 Å². The Morgan fingerprint density at radius 3 is 1.42 bits per heavy atom. The molecule has 0 spiro atoms. The number of rotatable bonds is 4. The van der Waals surface area contributed by atoms with Crippen molar-refractivity contribution in [2.75, 3.05) is 13.1 Å². The molecule has 1 saturated heterocycles. The zero-order chi connectivity index (χ0) is 36.4. The topological polar surface area (TPSA) is 212 Å². The average molecular weight is 691 g/mol. The third-order valence-corrected chi connectivity index (χ3v) is 3.59. The third-order valence-electron chi connectivity index (χ3n) is 3.59. The molecule has 45 heavy (non-hydrogen) atoms. The first-order chi connectivity index (χ1) is 20.0. The van der Waals surface area contributed by atoms with Crippen LogP contribution in [0.3, 0.4) is 0 Å². The Morgan fingerprint density at radius 2 is 1.16 bits per heavy atom. The molecule has 1 atom stereocenters. The Bertz CT molecular complexity index is 1000. The first-order valence-electron chi connectivity index (χ1n) is 10.8. The lowest BCUT2D eigenvalue weighted by molar-refractivity contribution is -0.193. The molecule has 1 aliphatic rings. The number of carboxylic acids is 4. The summed E-state index contributed by atoms with van der Waals surface area (Å²) >= 11 is 0. The first kappa shape index (κ1) is 44.9. The van der Waals surface area contributed by atoms with Gasteiger partial charge in [-0.3, -0.25) is 9.78 Å². The Balaban J connectivity index is -0.000000535. The lowest BCUT2D eigenvalue weighted by atomic mass is 10.3. The second-order valence-electron chi connectivity index (χ2n) is 7.34. The molecular weight excluding hydrogens is 670 g/mol. The smallest absolute Gasteiger partial charge is 0.489 e. The van der Waals surface area contributed by atoms with Crippen LogP contribution < -0.4 is 15.4 Å². The SMILES string of the molecule is CC(=O)NCc1cc(OC2CCNC2)ccn1.O=C(O)C(F)(F)F.O=C(O)C(F)(F)F.O=C(O)C(F)(F)F.O=C(O)C(F)(F)F. The Hall–Kier alpha value is -4.58. The van der Waals surface area contributed by atoms with E-state index in [2.05, 4.69) is 15.6 Å². The molecule has 13 nitrogen and oxygen atoms in total. The Kier molecular flexibility index (Phi) is 19.6. The van der Waals surface area contributed by atoms with E-state index in [0.717, 1.165) is 31.0 Å². The molecule has 0 bridgehead atoms. The molecular formula is C20H21F12N3O10. The minimum atomic E-state index is -5.08. The third kappa shape index (κ3) is 26.8. The van der Waals surface area contributed by atoms with Gasteiger partial charge in [0.1, 0.15) is 11.9 Å². The Morgan fingerprint density at radius 1 is 0.800 bits per heavy atom. The number of aromatic nitrogens is 1. The summed E-state index contributed by atoms with van der Waals surface area (Å²) in [4.78, 5) is 50.6. The van der Waals surface area contributed by atoms with Crippen LogP contribution >= 0.6 is 0 Å². The van der Waals surface area contributed by atoms with E-state index in [4.69, 9.17) is 44.3 Å². The van der Waals surface area contributed by atoms with Crippen molar-refractivity contribution < 1.29 is 102 Å². The number of halogens is 12. The summed E-state index contributed by atoms with van der Waals surface area (Å²) in [5.74, 6) is -10.3. The van der Waals surface area contributed by atoms with Crippen molar-refractivity contribution in [2.24, 2.45) is 0 Å². The molecule has 25 heteroatoms. The molecule has 6 N–H and O–H groups in total. The normalized spacial score (nSPS) is 14.2. The maximum Gasteiger partial charge on any atom is 0.490 e. The van der Waals surface area contributed by atoms with E-state index in [1.165, 1.54) is 6.92 Å². The summed E-state index contributed by atoms with van der Waals surface area (Å²) in [6.45, 7) is 3.83. The highest BCUT2D eigenvalue weighted by Crippen LogP contribution is 2.16. The van der Waals surface area contributed by atoms with Crippen molar-refractivity contribution in [3.8, 4) is 5.75 Å². The molecule has 1 unspecified atom stereocenters. The molecule has 0 aromatic carbocycles. The summed E-state index contributed by atoms with van der Waals surface area (Å²) < 4.78 is 133. The van der Waals surface area contributed by atoms with Crippen LogP contribution in [-0.2, 0) is 30.5 Å². The number of alkyl halides is 12. The fourth-order valence-electron chi connectivity index (χ4n) is 1.76. The number of hydrogen-bond donors (Lipinski definition) is 6. The number of carbonyl (C=O) groups excluding carboxylic acids is 1. The van der Waals surface area contributed by atoms with E-state index >= 15 is 0 Å². The van der Waals surface area contributed by atoms with Gasteiger partial charge in [0, 0.05) is 25.7 Å². The van der Waals surface area contributed by atoms with Crippen molar-refractivity contribution in [2.45, 2.75) is 50.7 Å². The summed E-state index contributed by atoms with van der Waals surface area (Å²) in [7, 11) is 0. The number of aliphatic carboxylic acids is 4. The minimum absolute atomic E-state index is 0.0573. The van der Waals surface area contributed by atoms with Gasteiger partial charge in [0.25, 0.3) is 0 Å². The number of pyridine rings is 1. The van der Waals surface area contributed by atoms with Gasteiger partial charge in [-0.05, 0) is 19.0 Å². The molecule has 1 aromatic heterocycles. The highest BCUT2D eigenvalue weighted by atomic mass is 19.4. The van der Waals surface area contributed by atoms with Gasteiger partial charge in [-0.15, -0.1) is 0 Å². The lowest BCUT2D eigenvalue weighted by Gasteiger charge is -2.12. The summed E-state index contributed by atoms with van der Waals surface area (Å²) in [6.07, 6.45) is -17.4. The van der Waals surface area contributed by atoms with E-state index in [-0.39, 0.29) is 12.0 Å². The highest BCUT2D eigenvalue weighted by Gasteiger charge is 2.40. The monoisotopic (exact) mass is 691 g/mol. The predicted octanol–water partition coefficient (Wildman–Crippen LogP) is 2.99. The van der Waals surface area contributed by atoms with Crippen molar-refractivity contribution in [3.05, 3.63) is 24.0 Å². The largest absolute Gasteiger partial charge is 0.490 e. The quantitative estimate of drug-likeness (QED) is 0.252. The average Bonchev–Trinajstić information content (AvgIpc) is 3.35. The summed E-state index contributed by atoms with van der Waals surface area (Å²) in [5.41, 5.74) is 0.809. The summed E-state index contributed by atoms with van der Waals surface area (Å²) in [5, 5.41) is 34.5. The maximum atomic E-state index is 10.8. The predicted molar refractivity (Wildman–Crippen MR) is 118 cm³/mol. The second-order valence-corrected chi connectivity index (χ2v) is 7.34. The number of nitrogens with zero attached hydrogens (tertiary/aromatic N) is 1. The van der Waals surface area contributed by atoms with E-state index < -0.39 is 48.6 Å². The standard InChI is InChI=1S/C12H17N3O2.4C2HF3O2/c1-9(16)15-7-10-6-11(3-5-14-10)17-12-2-4-13-8-12;4*3-2(4,5)1(6)7/h3,5-6,12-13H,2,4,7-8H2,1H3,(H,15,16);4*(H,6,7). The van der Waals surface area contributed by atoms with Crippen LogP contribution in [0.25, 0.3) is 0 Å². The molecule has 1 fully saturated rings. The fraction of sp³-hybridized carbons (Fsp3) is 0.500. The molecule has 2 rings (SSSR count). The van der Waals surface area contributed by atoms with Gasteiger partial charge in [0.15, 0.2) is 0 Å². The number of carboxylic acid groups (broad SMARTS) is 4. The van der Waals surface area contributed by atoms with Gasteiger partial charge >= 0.3 is 48.6 Å². The molecule has 0 aliphatic carbocycles. The van der Waals surface area contributed by atoms with Crippen LogP contribution in [0, 0.1) is 0 Å². The van der Waals surface area contributed by atoms with E-state index in [1.54, 1.807) is 6.20 Å². The van der Waals surface area contributed by atoms with Crippen LogP contribution in [-0.4, -0.2) is 99.1 Å². The van der Waals surface area contributed by atoms with E-state index in [0.29, 0.717) is 6.54 Å². The van der Waals surface area contributed by atoms with Gasteiger partial charge in [-0.1, -0.05) is 0 Å². The van der Waals surface area contributed by atoms with Gasteiger partial charge in [-0.2, -0.15) is 52.7 Å². The highest BCUT2D eigenvalue weighted by molar-refractivity contribution is 5.74. The minimum Gasteiger partial charge on any atom is -0.489 e. The molecule has 2 heterocycles. The lowest BCUT2D eigenvalue weighted by Crippen LogP contribution is -2.21. The Labute approximate surface area is 241 Å². The molecule has 1 aromatic rings. The second kappa shape index (κ2) is 19.6. The van der Waals surface area contributed by atoms with Gasteiger partial charge in [-0.25, -0.2) is 19.2 Å². The summed E-state index contributed by atoms with van der Waals surface area (Å²) in [6, 6.07) is 3.71. The van der Waals surface area contributed by atoms with Gasteiger partial charge < -0.3 is 35.8 Å².